The van der Waals surface area contributed by atoms with Gasteiger partial charge in [0, 0.05) is 35.4 Å². The van der Waals surface area contributed by atoms with Crippen LogP contribution in [0.1, 0.15) is 73.9 Å². The third-order valence-electron chi connectivity index (χ3n) is 5.77. The summed E-state index contributed by atoms with van der Waals surface area (Å²) in [7, 11) is 0. The number of halogens is 1. The number of nitrogens with zero attached hydrogens (tertiary/aromatic N) is 1. The molecule has 2 aromatic carbocycles. The lowest BCUT2D eigenvalue weighted by molar-refractivity contribution is -0.384. The minimum Gasteiger partial charge on any atom is -0.294 e. The molecule has 0 saturated heterocycles. The van der Waals surface area contributed by atoms with E-state index in [0.29, 0.717) is 24.3 Å². The van der Waals surface area contributed by atoms with Crippen LogP contribution >= 0.6 is 11.6 Å². The van der Waals surface area contributed by atoms with Gasteiger partial charge in [0.25, 0.3) is 5.69 Å². The van der Waals surface area contributed by atoms with E-state index in [4.69, 9.17) is 11.6 Å². The van der Waals surface area contributed by atoms with E-state index in [-0.39, 0.29) is 21.8 Å². The van der Waals surface area contributed by atoms with E-state index in [0.717, 1.165) is 47.9 Å². The summed E-state index contributed by atoms with van der Waals surface area (Å²) in [5, 5.41) is 11.4. The lowest BCUT2D eigenvalue weighted by atomic mass is 9.71. The average Bonchev–Trinajstić information content (AvgIpc) is 2.95. The first-order chi connectivity index (χ1) is 13.5. The minimum atomic E-state index is -0.326. The number of carbonyl (C=O) groups excluding carboxylic acids is 1. The van der Waals surface area contributed by atoms with Gasteiger partial charge in [-0.1, -0.05) is 38.8 Å². The van der Waals surface area contributed by atoms with Crippen LogP contribution in [0, 0.1) is 10.1 Å². The van der Waals surface area contributed by atoms with Gasteiger partial charge in [0.15, 0.2) is 5.78 Å². The summed E-state index contributed by atoms with van der Waals surface area (Å²) >= 11 is 5.75. The van der Waals surface area contributed by atoms with Crippen LogP contribution in [0.5, 0.6) is 0 Å². The summed E-state index contributed by atoms with van der Waals surface area (Å²) in [6, 6.07) is 11.1. The van der Waals surface area contributed by atoms with E-state index in [1.165, 1.54) is 0 Å². The fourth-order valence-corrected chi connectivity index (χ4v) is 4.79. The molecule has 3 rings (SSSR count). The number of hydrogen-bond acceptors (Lipinski definition) is 3. The molecule has 1 aliphatic rings. The zero-order valence-corrected chi connectivity index (χ0v) is 17.2. The molecular weight excluding hydrogens is 374 g/mol. The number of fused-ring (bicyclic) bond motifs is 3. The first-order valence-corrected chi connectivity index (χ1v) is 10.5. The number of rotatable bonds is 9. The lowest BCUT2D eigenvalue weighted by Gasteiger charge is -2.32. The number of ketones is 1. The van der Waals surface area contributed by atoms with Crippen LogP contribution in [0.15, 0.2) is 36.4 Å². The van der Waals surface area contributed by atoms with Gasteiger partial charge < -0.3 is 0 Å². The molecule has 4 nitrogen and oxygen atoms in total. The van der Waals surface area contributed by atoms with Gasteiger partial charge in [-0.05, 0) is 53.6 Å². The molecule has 148 valence electrons. The molecule has 2 aromatic rings. The fraction of sp³-hybridized carbons (Fsp3) is 0.435. The molecule has 0 spiro atoms. The van der Waals surface area contributed by atoms with Gasteiger partial charge in [-0.2, -0.15) is 0 Å². The zero-order chi connectivity index (χ0) is 20.3. The molecule has 1 aliphatic carbocycles. The first kappa shape index (κ1) is 20.5. The quantitative estimate of drug-likeness (QED) is 0.205. The number of nitro groups is 1. The van der Waals surface area contributed by atoms with Crippen LogP contribution in [-0.2, 0) is 5.41 Å². The summed E-state index contributed by atoms with van der Waals surface area (Å²) in [5.41, 5.74) is 4.89. The summed E-state index contributed by atoms with van der Waals surface area (Å²) in [4.78, 5) is 23.7. The summed E-state index contributed by atoms with van der Waals surface area (Å²) in [6.07, 6.45) is 4.84. The summed E-state index contributed by atoms with van der Waals surface area (Å²) < 4.78 is 0. The molecule has 0 atom stereocenters. The largest absolute Gasteiger partial charge is 0.294 e. The number of alkyl halides is 1. The topological polar surface area (TPSA) is 60.2 Å². The highest BCUT2D eigenvalue weighted by Gasteiger charge is 2.42. The number of non-ortho nitro benzene ring substituents is 1. The van der Waals surface area contributed by atoms with Crippen LogP contribution in [0.25, 0.3) is 11.1 Å². The number of carbonyl (C=O) groups is 1. The van der Waals surface area contributed by atoms with Crippen molar-refractivity contribution in [1.29, 1.82) is 0 Å². The molecule has 0 radical (unpaired) electrons. The predicted octanol–water partition coefficient (Wildman–Crippen LogP) is 6.66. The van der Waals surface area contributed by atoms with Crippen LogP contribution < -0.4 is 0 Å². The predicted molar refractivity (Wildman–Crippen MR) is 113 cm³/mol. The highest BCUT2D eigenvalue weighted by Crippen LogP contribution is 2.54. The molecule has 0 heterocycles. The van der Waals surface area contributed by atoms with Gasteiger partial charge in [-0.25, -0.2) is 0 Å². The van der Waals surface area contributed by atoms with Crippen molar-refractivity contribution in [3.8, 4) is 11.1 Å². The molecule has 0 saturated carbocycles. The van der Waals surface area contributed by atoms with Gasteiger partial charge in [0.1, 0.15) is 0 Å². The van der Waals surface area contributed by atoms with Gasteiger partial charge >= 0.3 is 0 Å². The Labute approximate surface area is 171 Å². The van der Waals surface area contributed by atoms with Crippen LogP contribution in [-0.4, -0.2) is 16.6 Å². The molecular formula is C23H26ClNO3. The van der Waals surface area contributed by atoms with E-state index in [1.807, 2.05) is 24.3 Å². The number of hydrogen-bond donors (Lipinski definition) is 0. The van der Waals surface area contributed by atoms with Crippen LogP contribution in [0.4, 0.5) is 5.69 Å². The standard InChI is InChI=1S/C23H26ClNO3/c1-3-11-23(12-4-2)20-14-16(22(26)6-5-13-24)7-9-18(20)19-10-8-17(25(27)28)15-21(19)23/h7-10,14-15H,3-6,11-13H2,1-2H3. The second kappa shape index (κ2) is 8.44. The van der Waals surface area contributed by atoms with Crippen molar-refractivity contribution in [3.63, 3.8) is 0 Å². The van der Waals surface area contributed by atoms with Crippen LogP contribution in [0.2, 0.25) is 0 Å². The Morgan fingerprint density at radius 1 is 1.04 bits per heavy atom. The Kier molecular flexibility index (Phi) is 6.19. The van der Waals surface area contributed by atoms with Crippen molar-refractivity contribution in [2.45, 2.75) is 57.8 Å². The third kappa shape index (κ3) is 3.46. The second-order valence-electron chi connectivity index (χ2n) is 7.55. The van der Waals surface area contributed by atoms with Crippen molar-refractivity contribution in [1.82, 2.24) is 0 Å². The summed E-state index contributed by atoms with van der Waals surface area (Å²) in [5.74, 6) is 0.578. The smallest absolute Gasteiger partial charge is 0.269 e. The monoisotopic (exact) mass is 399 g/mol. The zero-order valence-electron chi connectivity index (χ0n) is 16.5. The van der Waals surface area contributed by atoms with Crippen molar-refractivity contribution < 1.29 is 9.72 Å². The van der Waals surface area contributed by atoms with E-state index in [2.05, 4.69) is 13.8 Å². The molecule has 28 heavy (non-hydrogen) atoms. The van der Waals surface area contributed by atoms with Gasteiger partial charge in [-0.15, -0.1) is 11.6 Å². The third-order valence-corrected chi connectivity index (χ3v) is 6.04. The molecule has 0 aromatic heterocycles. The lowest BCUT2D eigenvalue weighted by Crippen LogP contribution is -2.25. The Bertz CT molecular complexity index is 901. The van der Waals surface area contributed by atoms with Gasteiger partial charge in [0.2, 0.25) is 0 Å². The van der Waals surface area contributed by atoms with E-state index in [9.17, 15) is 14.9 Å². The molecule has 0 fully saturated rings. The molecule has 0 aliphatic heterocycles. The SMILES string of the molecule is CCCC1(CCC)c2cc(C(=O)CCCCl)ccc2-c2ccc([N+](=O)[O-])cc21. The fourth-order valence-electron chi connectivity index (χ4n) is 4.66. The maximum atomic E-state index is 12.6. The van der Waals surface area contributed by atoms with E-state index in [1.54, 1.807) is 12.1 Å². The number of Topliss-reactive ketones (excluding diaryl/α,β-unsaturated/α-hetero) is 1. The highest BCUT2D eigenvalue weighted by molar-refractivity contribution is 6.18. The van der Waals surface area contributed by atoms with Crippen molar-refractivity contribution in [3.05, 3.63) is 63.2 Å². The van der Waals surface area contributed by atoms with Gasteiger partial charge in [0.05, 0.1) is 4.92 Å². The second-order valence-corrected chi connectivity index (χ2v) is 7.92. The number of benzene rings is 2. The average molecular weight is 400 g/mol. The maximum Gasteiger partial charge on any atom is 0.269 e. The van der Waals surface area contributed by atoms with Crippen molar-refractivity contribution >= 4 is 23.1 Å². The highest BCUT2D eigenvalue weighted by atomic mass is 35.5. The first-order valence-electron chi connectivity index (χ1n) is 10.0. The van der Waals surface area contributed by atoms with Crippen LogP contribution in [0.3, 0.4) is 0 Å². The minimum absolute atomic E-state index is 0.104. The number of nitro benzene ring substituents is 1. The van der Waals surface area contributed by atoms with E-state index >= 15 is 0 Å². The van der Waals surface area contributed by atoms with Crippen molar-refractivity contribution in [2.24, 2.45) is 0 Å². The molecule has 0 unspecified atom stereocenters. The molecule has 0 N–H and O–H groups in total. The Hall–Kier alpha value is -2.20. The molecule has 5 heteroatoms. The van der Waals surface area contributed by atoms with E-state index < -0.39 is 0 Å². The maximum absolute atomic E-state index is 12.6. The Balaban J connectivity index is 2.19. The molecule has 0 amide bonds. The normalized spacial score (nSPS) is 13.8. The Morgan fingerprint density at radius 2 is 1.64 bits per heavy atom. The van der Waals surface area contributed by atoms with Crippen molar-refractivity contribution in [2.75, 3.05) is 5.88 Å². The summed E-state index contributed by atoms with van der Waals surface area (Å²) in [6.45, 7) is 4.28. The molecule has 0 bridgehead atoms. The van der Waals surface area contributed by atoms with Gasteiger partial charge in [-0.3, -0.25) is 14.9 Å². The Morgan fingerprint density at radius 3 is 2.21 bits per heavy atom.